The minimum absolute atomic E-state index is 0.0428. The van der Waals surface area contributed by atoms with Crippen molar-refractivity contribution in [2.45, 2.75) is 37.8 Å². The molecule has 0 spiro atoms. The lowest BCUT2D eigenvalue weighted by Crippen LogP contribution is -2.40. The molecular formula is C20H21ClN2O4. The highest BCUT2D eigenvalue weighted by Gasteiger charge is 2.25. The minimum atomic E-state index is -0.520. The van der Waals surface area contributed by atoms with Gasteiger partial charge in [-0.2, -0.15) is 0 Å². The number of aromatic nitrogens is 1. The molecule has 6 nitrogen and oxygen atoms in total. The zero-order chi connectivity index (χ0) is 19.2. The SMILES string of the molecule is COC(=O)c1ccccc1C(=O)NC1CCC(Oc2ccc(Cl)cn2)CC1. The fraction of sp³-hybridized carbons (Fsp3) is 0.350. The number of rotatable bonds is 5. The molecule has 3 rings (SSSR count). The summed E-state index contributed by atoms with van der Waals surface area (Å²) in [6.07, 6.45) is 4.84. The molecule has 27 heavy (non-hydrogen) atoms. The van der Waals surface area contributed by atoms with Crippen LogP contribution in [0.15, 0.2) is 42.6 Å². The molecule has 1 aliphatic rings. The summed E-state index contributed by atoms with van der Waals surface area (Å²) in [5.74, 6) is -0.230. The van der Waals surface area contributed by atoms with Gasteiger partial charge in [-0.1, -0.05) is 23.7 Å². The molecule has 0 aliphatic heterocycles. The van der Waals surface area contributed by atoms with Crippen LogP contribution in [0.2, 0.25) is 5.02 Å². The molecule has 2 aromatic rings. The number of ether oxygens (including phenoxy) is 2. The number of carbonyl (C=O) groups excluding carboxylic acids is 2. The molecular weight excluding hydrogens is 368 g/mol. The van der Waals surface area contributed by atoms with Crippen LogP contribution in [0.3, 0.4) is 0 Å². The number of benzene rings is 1. The van der Waals surface area contributed by atoms with Gasteiger partial charge in [-0.15, -0.1) is 0 Å². The molecule has 1 aromatic carbocycles. The van der Waals surface area contributed by atoms with E-state index in [1.807, 2.05) is 0 Å². The van der Waals surface area contributed by atoms with Crippen LogP contribution in [-0.4, -0.2) is 36.1 Å². The highest BCUT2D eigenvalue weighted by atomic mass is 35.5. The molecule has 1 N–H and O–H groups in total. The summed E-state index contributed by atoms with van der Waals surface area (Å²) in [4.78, 5) is 28.6. The fourth-order valence-electron chi connectivity index (χ4n) is 3.16. The van der Waals surface area contributed by atoms with Crippen LogP contribution < -0.4 is 10.1 Å². The van der Waals surface area contributed by atoms with Crippen LogP contribution in [0.1, 0.15) is 46.4 Å². The molecule has 1 fully saturated rings. The van der Waals surface area contributed by atoms with E-state index < -0.39 is 5.97 Å². The molecule has 0 bridgehead atoms. The first kappa shape index (κ1) is 19.2. The summed E-state index contributed by atoms with van der Waals surface area (Å²) in [5, 5.41) is 3.58. The maximum Gasteiger partial charge on any atom is 0.338 e. The summed E-state index contributed by atoms with van der Waals surface area (Å²) in [7, 11) is 1.30. The third kappa shape index (κ3) is 4.98. The van der Waals surface area contributed by atoms with Crippen molar-refractivity contribution in [1.82, 2.24) is 10.3 Å². The Bertz CT molecular complexity index is 802. The second kappa shape index (κ2) is 8.86. The number of hydrogen-bond acceptors (Lipinski definition) is 5. The number of carbonyl (C=O) groups is 2. The summed E-state index contributed by atoms with van der Waals surface area (Å²) in [6.45, 7) is 0. The Hall–Kier alpha value is -2.60. The Morgan fingerprint density at radius 1 is 1.07 bits per heavy atom. The van der Waals surface area contributed by atoms with Gasteiger partial charge in [0.1, 0.15) is 6.10 Å². The Balaban J connectivity index is 1.54. The summed E-state index contributed by atoms with van der Waals surface area (Å²) in [6, 6.07) is 10.2. The quantitative estimate of drug-likeness (QED) is 0.791. The van der Waals surface area contributed by atoms with Crippen LogP contribution in [0.25, 0.3) is 0 Å². The maximum atomic E-state index is 12.6. The van der Waals surface area contributed by atoms with Crippen molar-refractivity contribution in [3.8, 4) is 5.88 Å². The zero-order valence-electron chi connectivity index (χ0n) is 15.0. The van der Waals surface area contributed by atoms with Gasteiger partial charge in [0, 0.05) is 18.3 Å². The monoisotopic (exact) mass is 388 g/mol. The molecule has 1 aromatic heterocycles. The van der Waals surface area contributed by atoms with E-state index in [-0.39, 0.29) is 23.6 Å². The number of halogens is 1. The molecule has 1 amide bonds. The van der Waals surface area contributed by atoms with Gasteiger partial charge >= 0.3 is 5.97 Å². The average molecular weight is 389 g/mol. The van der Waals surface area contributed by atoms with Gasteiger partial charge in [-0.3, -0.25) is 4.79 Å². The first-order chi connectivity index (χ1) is 13.1. The van der Waals surface area contributed by atoms with Gasteiger partial charge in [-0.25, -0.2) is 9.78 Å². The topological polar surface area (TPSA) is 77.5 Å². The lowest BCUT2D eigenvalue weighted by Gasteiger charge is -2.29. The van der Waals surface area contributed by atoms with E-state index in [1.54, 1.807) is 42.6 Å². The summed E-state index contributed by atoms with van der Waals surface area (Å²) < 4.78 is 10.6. The van der Waals surface area contributed by atoms with Gasteiger partial charge in [0.15, 0.2) is 0 Å². The number of amides is 1. The average Bonchev–Trinajstić information content (AvgIpc) is 2.70. The smallest absolute Gasteiger partial charge is 0.338 e. The fourth-order valence-corrected chi connectivity index (χ4v) is 3.27. The molecule has 7 heteroatoms. The predicted molar refractivity (Wildman–Crippen MR) is 101 cm³/mol. The highest BCUT2D eigenvalue weighted by molar-refractivity contribution is 6.30. The molecule has 0 radical (unpaired) electrons. The van der Waals surface area contributed by atoms with Crippen molar-refractivity contribution in [2.75, 3.05) is 7.11 Å². The summed E-state index contributed by atoms with van der Waals surface area (Å²) >= 11 is 5.83. The lowest BCUT2D eigenvalue weighted by atomic mass is 9.92. The van der Waals surface area contributed by atoms with Crippen LogP contribution in [-0.2, 0) is 4.74 Å². The van der Waals surface area contributed by atoms with Gasteiger partial charge in [0.25, 0.3) is 5.91 Å². The molecule has 1 heterocycles. The zero-order valence-corrected chi connectivity index (χ0v) is 15.7. The van der Waals surface area contributed by atoms with Crippen molar-refractivity contribution in [2.24, 2.45) is 0 Å². The van der Waals surface area contributed by atoms with E-state index in [9.17, 15) is 9.59 Å². The van der Waals surface area contributed by atoms with E-state index in [0.717, 1.165) is 25.7 Å². The van der Waals surface area contributed by atoms with E-state index in [0.29, 0.717) is 16.5 Å². The standard InChI is InChI=1S/C20H21ClN2O4/c1-26-20(25)17-5-3-2-4-16(17)19(24)23-14-7-9-15(10-8-14)27-18-11-6-13(21)12-22-18/h2-6,11-12,14-15H,7-10H2,1H3,(H,23,24). The molecule has 0 saturated heterocycles. The molecule has 142 valence electrons. The van der Waals surface area contributed by atoms with Crippen LogP contribution in [0, 0.1) is 0 Å². The van der Waals surface area contributed by atoms with Gasteiger partial charge in [0.05, 0.1) is 23.3 Å². The third-order valence-corrected chi connectivity index (χ3v) is 4.80. The molecule has 0 atom stereocenters. The van der Waals surface area contributed by atoms with E-state index in [1.165, 1.54) is 7.11 Å². The first-order valence-corrected chi connectivity index (χ1v) is 9.21. The number of hydrogen-bond donors (Lipinski definition) is 1. The van der Waals surface area contributed by atoms with Crippen molar-refractivity contribution < 1.29 is 19.1 Å². The predicted octanol–water partition coefficient (Wildman–Crippen LogP) is 3.64. The molecule has 1 saturated carbocycles. The van der Waals surface area contributed by atoms with Crippen molar-refractivity contribution >= 4 is 23.5 Å². The van der Waals surface area contributed by atoms with Gasteiger partial charge < -0.3 is 14.8 Å². The highest BCUT2D eigenvalue weighted by Crippen LogP contribution is 2.24. The number of nitrogens with one attached hydrogen (secondary N) is 1. The summed E-state index contributed by atoms with van der Waals surface area (Å²) in [5.41, 5.74) is 0.594. The Labute approximate surface area is 162 Å². The number of esters is 1. The first-order valence-electron chi connectivity index (χ1n) is 8.83. The van der Waals surface area contributed by atoms with E-state index in [4.69, 9.17) is 21.1 Å². The molecule has 0 unspecified atom stereocenters. The number of methoxy groups -OCH3 is 1. The van der Waals surface area contributed by atoms with Gasteiger partial charge in [-0.05, 0) is 43.9 Å². The van der Waals surface area contributed by atoms with Gasteiger partial charge in [0.2, 0.25) is 5.88 Å². The van der Waals surface area contributed by atoms with Crippen LogP contribution in [0.4, 0.5) is 0 Å². The lowest BCUT2D eigenvalue weighted by molar-refractivity contribution is 0.0595. The second-order valence-corrected chi connectivity index (χ2v) is 6.85. The second-order valence-electron chi connectivity index (χ2n) is 6.42. The number of nitrogens with zero attached hydrogens (tertiary/aromatic N) is 1. The molecule has 1 aliphatic carbocycles. The third-order valence-electron chi connectivity index (χ3n) is 4.57. The normalized spacial score (nSPS) is 19.2. The Kier molecular flexibility index (Phi) is 6.29. The van der Waals surface area contributed by atoms with E-state index in [2.05, 4.69) is 10.3 Å². The largest absolute Gasteiger partial charge is 0.474 e. The minimum Gasteiger partial charge on any atom is -0.474 e. The van der Waals surface area contributed by atoms with E-state index >= 15 is 0 Å². The van der Waals surface area contributed by atoms with Crippen molar-refractivity contribution in [3.63, 3.8) is 0 Å². The number of pyridine rings is 1. The van der Waals surface area contributed by atoms with Crippen LogP contribution in [0.5, 0.6) is 5.88 Å². The Morgan fingerprint density at radius 2 is 1.78 bits per heavy atom. The van der Waals surface area contributed by atoms with Crippen LogP contribution >= 0.6 is 11.6 Å². The van der Waals surface area contributed by atoms with Crippen molar-refractivity contribution in [3.05, 3.63) is 58.7 Å². The maximum absolute atomic E-state index is 12.6. The Morgan fingerprint density at radius 3 is 2.41 bits per heavy atom. The van der Waals surface area contributed by atoms with Crippen molar-refractivity contribution in [1.29, 1.82) is 0 Å².